The lowest BCUT2D eigenvalue weighted by Crippen LogP contribution is -2.36. The Morgan fingerprint density at radius 3 is 3.07 bits per heavy atom. The predicted octanol–water partition coefficient (Wildman–Crippen LogP) is -0.0804. The lowest BCUT2D eigenvalue weighted by atomic mass is 9.83. The van der Waals surface area contributed by atoms with Gasteiger partial charge in [0.1, 0.15) is 6.10 Å². The second-order valence-electron chi connectivity index (χ2n) is 3.50. The maximum Gasteiger partial charge on any atom is 0.296 e. The number of H-pyrrole nitrogens is 1. The second kappa shape index (κ2) is 3.79. The minimum atomic E-state index is -0.215. The number of hydrogen-bond donors (Lipinski definition) is 2. The van der Waals surface area contributed by atoms with Crippen LogP contribution in [0, 0.1) is 5.92 Å². The van der Waals surface area contributed by atoms with Gasteiger partial charge in [0.25, 0.3) is 11.6 Å². The van der Waals surface area contributed by atoms with Crippen LogP contribution in [0.4, 0.5) is 0 Å². The third kappa shape index (κ3) is 1.93. The van der Waals surface area contributed by atoms with Gasteiger partial charge in [0.15, 0.2) is 0 Å². The molecule has 1 saturated carbocycles. The number of rotatable bonds is 3. The summed E-state index contributed by atoms with van der Waals surface area (Å²) in [5, 5.41) is 8.79. The van der Waals surface area contributed by atoms with Crippen LogP contribution in [0.25, 0.3) is 0 Å². The van der Waals surface area contributed by atoms with Crippen LogP contribution >= 0.6 is 0 Å². The molecule has 5 nitrogen and oxygen atoms in total. The van der Waals surface area contributed by atoms with Crippen LogP contribution in [-0.4, -0.2) is 27.8 Å². The number of nitrogens with zero attached hydrogens (tertiary/aromatic N) is 1. The molecule has 14 heavy (non-hydrogen) atoms. The van der Waals surface area contributed by atoms with Crippen LogP contribution in [-0.2, 0) is 0 Å². The second-order valence-corrected chi connectivity index (χ2v) is 3.50. The van der Waals surface area contributed by atoms with E-state index in [0.717, 1.165) is 12.8 Å². The summed E-state index contributed by atoms with van der Waals surface area (Å²) in [6.07, 6.45) is 3.15. The van der Waals surface area contributed by atoms with Crippen molar-refractivity contribution in [3.63, 3.8) is 0 Å². The number of ether oxygens (including phenoxy) is 1. The number of hydrogen-bond acceptors (Lipinski definition) is 4. The molecule has 1 aliphatic carbocycles. The molecule has 0 unspecified atom stereocenters. The average Bonchev–Trinajstić information content (AvgIpc) is 2.10. The summed E-state index contributed by atoms with van der Waals surface area (Å²) in [6.45, 7) is 0.207. The maximum absolute atomic E-state index is 10.9. The molecule has 0 amide bonds. The van der Waals surface area contributed by atoms with Crippen molar-refractivity contribution >= 4 is 0 Å². The van der Waals surface area contributed by atoms with E-state index in [1.807, 2.05) is 0 Å². The molecule has 1 aromatic rings. The molecule has 0 saturated heterocycles. The van der Waals surface area contributed by atoms with E-state index in [4.69, 9.17) is 9.84 Å². The van der Waals surface area contributed by atoms with Gasteiger partial charge in [0.05, 0.1) is 0 Å². The van der Waals surface area contributed by atoms with E-state index in [1.165, 1.54) is 12.3 Å². The Kier molecular flexibility index (Phi) is 2.49. The van der Waals surface area contributed by atoms with Gasteiger partial charge in [-0.25, -0.2) is 4.98 Å². The normalized spacial score (nSPS) is 25.5. The third-order valence-electron chi connectivity index (χ3n) is 2.38. The first-order chi connectivity index (χ1) is 6.78. The van der Waals surface area contributed by atoms with Crippen molar-refractivity contribution in [3.05, 3.63) is 22.6 Å². The van der Waals surface area contributed by atoms with Crippen LogP contribution in [0.15, 0.2) is 17.1 Å². The standard InChI is InChI=1S/C9H12N2O3/c12-5-6-3-7(4-6)14-9-10-2-1-8(13)11-9/h1-2,6-7,12H,3-5H2,(H,10,11,13)/t6-,7+. The van der Waals surface area contributed by atoms with Gasteiger partial charge in [-0.2, -0.15) is 0 Å². The maximum atomic E-state index is 10.9. The minimum absolute atomic E-state index is 0.0812. The van der Waals surface area contributed by atoms with Gasteiger partial charge in [-0.05, 0) is 18.8 Å². The number of aliphatic hydroxyl groups excluding tert-OH is 1. The Morgan fingerprint density at radius 2 is 2.43 bits per heavy atom. The van der Waals surface area contributed by atoms with E-state index in [2.05, 4.69) is 9.97 Å². The van der Waals surface area contributed by atoms with E-state index in [0.29, 0.717) is 5.92 Å². The molecule has 0 aromatic carbocycles. The van der Waals surface area contributed by atoms with Crippen LogP contribution in [0.5, 0.6) is 6.01 Å². The highest BCUT2D eigenvalue weighted by Crippen LogP contribution is 2.29. The molecule has 0 spiro atoms. The summed E-state index contributed by atoms with van der Waals surface area (Å²) in [7, 11) is 0. The van der Waals surface area contributed by atoms with E-state index in [9.17, 15) is 4.79 Å². The molecule has 5 heteroatoms. The van der Waals surface area contributed by atoms with Crippen molar-refractivity contribution in [2.45, 2.75) is 18.9 Å². The quantitative estimate of drug-likeness (QED) is 0.709. The SMILES string of the molecule is O=c1ccnc(O[C@H]2C[C@@H](CO)C2)[nH]1. The van der Waals surface area contributed by atoms with Crippen molar-refractivity contribution in [3.8, 4) is 6.01 Å². The molecule has 0 aliphatic heterocycles. The Bertz CT molecular complexity index is 357. The van der Waals surface area contributed by atoms with Crippen LogP contribution in [0.2, 0.25) is 0 Å². The molecule has 1 aromatic heterocycles. The average molecular weight is 196 g/mol. The summed E-state index contributed by atoms with van der Waals surface area (Å²) in [6, 6.07) is 1.60. The Labute approximate surface area is 80.8 Å². The first-order valence-electron chi connectivity index (χ1n) is 4.61. The summed E-state index contributed by atoms with van der Waals surface area (Å²) in [4.78, 5) is 17.2. The number of nitrogens with one attached hydrogen (secondary N) is 1. The van der Waals surface area contributed by atoms with E-state index in [-0.39, 0.29) is 24.3 Å². The molecule has 2 N–H and O–H groups in total. The summed E-state index contributed by atoms with van der Waals surface area (Å²) in [5.41, 5.74) is -0.215. The summed E-state index contributed by atoms with van der Waals surface area (Å²) >= 11 is 0. The smallest absolute Gasteiger partial charge is 0.296 e. The predicted molar refractivity (Wildman–Crippen MR) is 49.1 cm³/mol. The Morgan fingerprint density at radius 1 is 1.64 bits per heavy atom. The minimum Gasteiger partial charge on any atom is -0.461 e. The van der Waals surface area contributed by atoms with Crippen molar-refractivity contribution < 1.29 is 9.84 Å². The first kappa shape index (κ1) is 9.21. The fraction of sp³-hybridized carbons (Fsp3) is 0.556. The van der Waals surface area contributed by atoms with E-state index < -0.39 is 0 Å². The zero-order chi connectivity index (χ0) is 9.97. The molecular formula is C9H12N2O3. The van der Waals surface area contributed by atoms with Crippen LogP contribution in [0.1, 0.15) is 12.8 Å². The van der Waals surface area contributed by atoms with E-state index in [1.54, 1.807) is 0 Å². The molecule has 0 atom stereocenters. The van der Waals surface area contributed by atoms with Gasteiger partial charge in [0, 0.05) is 18.9 Å². The molecule has 1 aliphatic rings. The van der Waals surface area contributed by atoms with Crippen molar-refractivity contribution in [1.29, 1.82) is 0 Å². The molecule has 0 radical (unpaired) electrons. The largest absolute Gasteiger partial charge is 0.461 e. The zero-order valence-corrected chi connectivity index (χ0v) is 7.64. The van der Waals surface area contributed by atoms with Crippen LogP contribution in [0.3, 0.4) is 0 Å². The van der Waals surface area contributed by atoms with E-state index >= 15 is 0 Å². The van der Waals surface area contributed by atoms with Gasteiger partial charge < -0.3 is 9.84 Å². The lowest BCUT2D eigenvalue weighted by molar-refractivity contribution is 0.0262. The molecule has 0 bridgehead atoms. The highest BCUT2D eigenvalue weighted by Gasteiger charge is 2.30. The molecule has 76 valence electrons. The van der Waals surface area contributed by atoms with Crippen molar-refractivity contribution in [1.82, 2.24) is 9.97 Å². The zero-order valence-electron chi connectivity index (χ0n) is 7.64. The number of aromatic nitrogens is 2. The Balaban J connectivity index is 1.90. The van der Waals surface area contributed by atoms with Gasteiger partial charge >= 0.3 is 0 Å². The number of aliphatic hydroxyl groups is 1. The monoisotopic (exact) mass is 196 g/mol. The topological polar surface area (TPSA) is 75.2 Å². The van der Waals surface area contributed by atoms with Gasteiger partial charge in [-0.15, -0.1) is 0 Å². The Hall–Kier alpha value is -1.36. The first-order valence-corrected chi connectivity index (χ1v) is 4.61. The number of aromatic amines is 1. The molecule has 2 rings (SSSR count). The van der Waals surface area contributed by atoms with Crippen molar-refractivity contribution in [2.75, 3.05) is 6.61 Å². The summed E-state index contributed by atoms with van der Waals surface area (Å²) in [5.74, 6) is 0.343. The molecule has 1 heterocycles. The summed E-state index contributed by atoms with van der Waals surface area (Å²) < 4.78 is 5.39. The molecular weight excluding hydrogens is 184 g/mol. The highest BCUT2D eigenvalue weighted by molar-refractivity contribution is 4.96. The fourth-order valence-electron chi connectivity index (χ4n) is 1.49. The van der Waals surface area contributed by atoms with Crippen LogP contribution < -0.4 is 10.3 Å². The van der Waals surface area contributed by atoms with Crippen molar-refractivity contribution in [2.24, 2.45) is 5.92 Å². The van der Waals surface area contributed by atoms with Gasteiger partial charge in [-0.3, -0.25) is 9.78 Å². The fourth-order valence-corrected chi connectivity index (χ4v) is 1.49. The van der Waals surface area contributed by atoms with Gasteiger partial charge in [-0.1, -0.05) is 0 Å². The third-order valence-corrected chi connectivity index (χ3v) is 2.38. The highest BCUT2D eigenvalue weighted by atomic mass is 16.5. The lowest BCUT2D eigenvalue weighted by Gasteiger charge is -2.33. The molecule has 1 fully saturated rings. The van der Waals surface area contributed by atoms with Gasteiger partial charge in [0.2, 0.25) is 0 Å².